The van der Waals surface area contributed by atoms with Crippen LogP contribution in [0.3, 0.4) is 0 Å². The molecule has 1 aromatic carbocycles. The van der Waals surface area contributed by atoms with Crippen molar-refractivity contribution in [3.63, 3.8) is 0 Å². The molecular formula is C9H8ClNOS. The van der Waals surface area contributed by atoms with Gasteiger partial charge in [0.05, 0.1) is 9.72 Å². The van der Waals surface area contributed by atoms with Crippen LogP contribution in [0.2, 0.25) is 5.02 Å². The van der Waals surface area contributed by atoms with Crippen LogP contribution in [-0.4, -0.2) is 0 Å². The zero-order valence-electron chi connectivity index (χ0n) is 6.79. The third kappa shape index (κ3) is 1.69. The third-order valence-corrected chi connectivity index (χ3v) is 3.36. The van der Waals surface area contributed by atoms with Crippen molar-refractivity contribution in [1.29, 1.82) is 0 Å². The van der Waals surface area contributed by atoms with Gasteiger partial charge >= 0.3 is 0 Å². The van der Waals surface area contributed by atoms with Gasteiger partial charge in [-0.15, -0.1) is 11.3 Å². The Morgan fingerprint density at radius 3 is 3.00 bits per heavy atom. The first-order valence-electron chi connectivity index (χ1n) is 3.80. The fourth-order valence-electron chi connectivity index (χ4n) is 1.23. The summed E-state index contributed by atoms with van der Waals surface area (Å²) in [6, 6.07) is 7.88. The highest BCUT2D eigenvalue weighted by molar-refractivity contribution is 7.19. The van der Waals surface area contributed by atoms with Gasteiger partial charge in [-0.2, -0.15) is 0 Å². The Morgan fingerprint density at radius 2 is 2.31 bits per heavy atom. The summed E-state index contributed by atoms with van der Waals surface area (Å²) in [5.74, 6) is 4.99. The maximum Gasteiger partial charge on any atom is 0.102 e. The quantitative estimate of drug-likeness (QED) is 0.779. The predicted octanol–water partition coefficient (Wildman–Crippen LogP) is 2.95. The summed E-state index contributed by atoms with van der Waals surface area (Å²) in [5.41, 5.74) is 0. The highest BCUT2D eigenvalue weighted by Gasteiger charge is 2.03. The van der Waals surface area contributed by atoms with Gasteiger partial charge < -0.3 is 0 Å². The Morgan fingerprint density at radius 1 is 1.46 bits per heavy atom. The lowest BCUT2D eigenvalue weighted by molar-refractivity contribution is 0.126. The Bertz CT molecular complexity index is 426. The first-order chi connectivity index (χ1) is 6.31. The molecule has 0 spiro atoms. The molecule has 2 N–H and O–H groups in total. The highest BCUT2D eigenvalue weighted by atomic mass is 35.5. The monoisotopic (exact) mass is 213 g/mol. The molecule has 2 aromatic rings. The Balaban J connectivity index is 2.55. The minimum absolute atomic E-state index is 0.440. The molecule has 0 bridgehead atoms. The fourth-order valence-corrected chi connectivity index (χ4v) is 2.52. The topological polar surface area (TPSA) is 35.2 Å². The van der Waals surface area contributed by atoms with E-state index in [0.717, 1.165) is 20.0 Å². The second-order valence-electron chi connectivity index (χ2n) is 2.68. The van der Waals surface area contributed by atoms with E-state index in [1.807, 2.05) is 24.3 Å². The van der Waals surface area contributed by atoms with Crippen LogP contribution in [0, 0.1) is 0 Å². The van der Waals surface area contributed by atoms with Gasteiger partial charge in [0.2, 0.25) is 0 Å². The first kappa shape index (κ1) is 8.97. The molecule has 0 radical (unpaired) electrons. The number of fused-ring (bicyclic) bond motifs is 1. The molecule has 68 valence electrons. The zero-order chi connectivity index (χ0) is 9.26. The number of hydrogen-bond donors (Lipinski definition) is 1. The van der Waals surface area contributed by atoms with Crippen LogP contribution in [0.5, 0.6) is 0 Å². The molecule has 2 nitrogen and oxygen atoms in total. The Kier molecular flexibility index (Phi) is 2.51. The summed E-state index contributed by atoms with van der Waals surface area (Å²) in [6.07, 6.45) is 0. The molecule has 2 rings (SSSR count). The second-order valence-corrected chi connectivity index (χ2v) is 4.23. The normalized spacial score (nSPS) is 10.9. The molecule has 1 heterocycles. The number of benzene rings is 1. The molecule has 0 aliphatic rings. The van der Waals surface area contributed by atoms with Crippen molar-refractivity contribution in [2.45, 2.75) is 6.61 Å². The lowest BCUT2D eigenvalue weighted by Gasteiger charge is -1.90. The summed E-state index contributed by atoms with van der Waals surface area (Å²) in [4.78, 5) is 5.65. The molecule has 0 atom stereocenters. The van der Waals surface area contributed by atoms with Gasteiger partial charge in [-0.05, 0) is 17.5 Å². The zero-order valence-corrected chi connectivity index (χ0v) is 8.36. The minimum atomic E-state index is 0.440. The number of rotatable bonds is 2. The van der Waals surface area contributed by atoms with E-state index < -0.39 is 0 Å². The Labute approximate surface area is 84.8 Å². The molecule has 13 heavy (non-hydrogen) atoms. The van der Waals surface area contributed by atoms with E-state index in [4.69, 9.17) is 17.5 Å². The number of nitrogens with two attached hydrogens (primary N) is 1. The maximum atomic E-state index is 6.01. The van der Waals surface area contributed by atoms with Crippen molar-refractivity contribution in [2.24, 2.45) is 5.90 Å². The van der Waals surface area contributed by atoms with Crippen LogP contribution in [0.1, 0.15) is 4.88 Å². The van der Waals surface area contributed by atoms with Gasteiger partial charge in [0.1, 0.15) is 6.61 Å². The molecule has 1 aromatic heterocycles. The van der Waals surface area contributed by atoms with Crippen molar-refractivity contribution < 1.29 is 4.84 Å². The molecule has 0 aliphatic heterocycles. The lowest BCUT2D eigenvalue weighted by atomic mass is 10.2. The van der Waals surface area contributed by atoms with E-state index in [0.29, 0.717) is 6.61 Å². The standard InChI is InChI=1S/C9H8ClNOS/c10-8-3-1-2-6-4-7(5-12-11)13-9(6)8/h1-4H,5,11H2. The van der Waals surface area contributed by atoms with E-state index in [-0.39, 0.29) is 0 Å². The van der Waals surface area contributed by atoms with Crippen LogP contribution in [-0.2, 0) is 11.4 Å². The molecule has 0 unspecified atom stereocenters. The fraction of sp³-hybridized carbons (Fsp3) is 0.111. The maximum absolute atomic E-state index is 6.01. The average Bonchev–Trinajstić information content (AvgIpc) is 2.49. The van der Waals surface area contributed by atoms with Gasteiger partial charge in [-0.3, -0.25) is 4.84 Å². The van der Waals surface area contributed by atoms with Gasteiger partial charge in [-0.1, -0.05) is 23.7 Å². The first-order valence-corrected chi connectivity index (χ1v) is 4.99. The van der Waals surface area contributed by atoms with Crippen molar-refractivity contribution in [3.05, 3.63) is 34.2 Å². The number of halogens is 1. The molecule has 0 saturated heterocycles. The molecule has 0 aliphatic carbocycles. The highest BCUT2D eigenvalue weighted by Crippen LogP contribution is 2.31. The number of hydrogen-bond acceptors (Lipinski definition) is 3. The molecule has 0 fully saturated rings. The summed E-state index contributed by atoms with van der Waals surface area (Å²) in [6.45, 7) is 0.440. The van der Waals surface area contributed by atoms with Crippen LogP contribution in [0.25, 0.3) is 10.1 Å². The lowest BCUT2D eigenvalue weighted by Crippen LogP contribution is -1.96. The Hall–Kier alpha value is -0.610. The molecule has 0 saturated carbocycles. The average molecular weight is 214 g/mol. The van der Waals surface area contributed by atoms with Crippen LogP contribution >= 0.6 is 22.9 Å². The predicted molar refractivity (Wildman–Crippen MR) is 55.8 cm³/mol. The molecule has 4 heteroatoms. The van der Waals surface area contributed by atoms with Crippen molar-refractivity contribution >= 4 is 33.0 Å². The third-order valence-electron chi connectivity index (χ3n) is 1.77. The minimum Gasteiger partial charge on any atom is -0.299 e. The molecule has 0 amide bonds. The summed E-state index contributed by atoms with van der Waals surface area (Å²) in [5, 5.41) is 1.93. The van der Waals surface area contributed by atoms with E-state index in [1.165, 1.54) is 0 Å². The summed E-state index contributed by atoms with van der Waals surface area (Å²) in [7, 11) is 0. The summed E-state index contributed by atoms with van der Waals surface area (Å²) < 4.78 is 1.09. The summed E-state index contributed by atoms with van der Waals surface area (Å²) >= 11 is 7.62. The largest absolute Gasteiger partial charge is 0.299 e. The number of thiophene rings is 1. The second kappa shape index (κ2) is 3.64. The van der Waals surface area contributed by atoms with Crippen molar-refractivity contribution in [1.82, 2.24) is 0 Å². The van der Waals surface area contributed by atoms with E-state index in [9.17, 15) is 0 Å². The van der Waals surface area contributed by atoms with Crippen LogP contribution in [0.4, 0.5) is 0 Å². The van der Waals surface area contributed by atoms with Crippen molar-refractivity contribution in [2.75, 3.05) is 0 Å². The van der Waals surface area contributed by atoms with Gasteiger partial charge in [0.15, 0.2) is 0 Å². The van der Waals surface area contributed by atoms with Gasteiger partial charge in [-0.25, -0.2) is 5.90 Å². The van der Waals surface area contributed by atoms with Crippen LogP contribution in [0.15, 0.2) is 24.3 Å². The molecular weight excluding hydrogens is 206 g/mol. The van der Waals surface area contributed by atoms with E-state index >= 15 is 0 Å². The van der Waals surface area contributed by atoms with Gasteiger partial charge in [0, 0.05) is 4.88 Å². The van der Waals surface area contributed by atoms with Crippen molar-refractivity contribution in [3.8, 4) is 0 Å². The SMILES string of the molecule is NOCc1cc2cccc(Cl)c2s1. The van der Waals surface area contributed by atoms with E-state index in [2.05, 4.69) is 4.84 Å². The van der Waals surface area contributed by atoms with E-state index in [1.54, 1.807) is 11.3 Å². The van der Waals surface area contributed by atoms with Gasteiger partial charge in [0.25, 0.3) is 0 Å². The van der Waals surface area contributed by atoms with Crippen LogP contribution < -0.4 is 5.90 Å². The smallest absolute Gasteiger partial charge is 0.102 e.